The van der Waals surface area contributed by atoms with E-state index in [1.165, 1.54) is 7.05 Å². The Hall–Kier alpha value is -0.980. The van der Waals surface area contributed by atoms with Gasteiger partial charge in [0.15, 0.2) is 0 Å². The van der Waals surface area contributed by atoms with Gasteiger partial charge in [-0.25, -0.2) is 4.79 Å². The number of aliphatic carboxylic acids is 1. The Labute approximate surface area is 122 Å². The van der Waals surface area contributed by atoms with Crippen LogP contribution in [0.15, 0.2) is 16.6 Å². The molecule has 0 bridgehead atoms. The summed E-state index contributed by atoms with van der Waals surface area (Å²) in [4.78, 5) is 23.1. The number of nitrogens with zero attached hydrogens (tertiary/aromatic N) is 1. The smallest absolute Gasteiger partial charge is 0.323 e. The molecule has 5 nitrogen and oxygen atoms in total. The average Bonchev–Trinajstić information content (AvgIpc) is 2.29. The topological polar surface area (TPSA) is 69.6 Å². The van der Waals surface area contributed by atoms with Crippen LogP contribution in [-0.2, 0) is 4.79 Å². The molecule has 0 aliphatic rings. The first-order valence-corrected chi connectivity index (χ1v) is 6.25. The van der Waals surface area contributed by atoms with Gasteiger partial charge in [-0.1, -0.05) is 23.2 Å². The molecular weight excluding hydrogens is 347 g/mol. The van der Waals surface area contributed by atoms with E-state index in [4.69, 9.17) is 28.3 Å². The van der Waals surface area contributed by atoms with Crippen LogP contribution in [0.3, 0.4) is 0 Å². The highest BCUT2D eigenvalue weighted by molar-refractivity contribution is 9.10. The minimum atomic E-state index is -1.10. The van der Waals surface area contributed by atoms with Crippen LogP contribution in [0.5, 0.6) is 0 Å². The van der Waals surface area contributed by atoms with E-state index in [2.05, 4.69) is 21.2 Å². The lowest BCUT2D eigenvalue weighted by Gasteiger charge is -2.16. The van der Waals surface area contributed by atoms with E-state index < -0.39 is 18.5 Å². The molecule has 0 unspecified atom stereocenters. The Kier molecular flexibility index (Phi) is 5.25. The number of anilines is 1. The quantitative estimate of drug-likeness (QED) is 0.817. The summed E-state index contributed by atoms with van der Waals surface area (Å²) >= 11 is 15.0. The summed E-state index contributed by atoms with van der Waals surface area (Å²) in [6.07, 6.45) is 0. The van der Waals surface area contributed by atoms with Crippen molar-refractivity contribution >= 4 is 56.8 Å². The van der Waals surface area contributed by atoms with Gasteiger partial charge < -0.3 is 15.3 Å². The largest absolute Gasteiger partial charge is 0.480 e. The van der Waals surface area contributed by atoms with Crippen LogP contribution >= 0.6 is 39.1 Å². The number of likely N-dealkylation sites (N-methyl/N-ethyl adjacent to an activating group) is 1. The van der Waals surface area contributed by atoms with Crippen molar-refractivity contribution in [2.45, 2.75) is 0 Å². The van der Waals surface area contributed by atoms with Crippen molar-refractivity contribution in [2.75, 3.05) is 18.9 Å². The molecule has 1 rings (SSSR count). The Morgan fingerprint density at radius 1 is 1.39 bits per heavy atom. The number of benzene rings is 1. The van der Waals surface area contributed by atoms with E-state index in [1.807, 2.05) is 0 Å². The zero-order chi connectivity index (χ0) is 13.9. The molecule has 0 saturated carbocycles. The Morgan fingerprint density at radius 2 is 2.00 bits per heavy atom. The van der Waals surface area contributed by atoms with Crippen molar-refractivity contribution in [3.8, 4) is 0 Å². The van der Waals surface area contributed by atoms with Crippen LogP contribution in [0.4, 0.5) is 10.5 Å². The maximum atomic E-state index is 11.6. The number of carboxylic acids is 1. The van der Waals surface area contributed by atoms with Crippen LogP contribution in [0.2, 0.25) is 10.0 Å². The van der Waals surface area contributed by atoms with Gasteiger partial charge in [-0.05, 0) is 28.1 Å². The van der Waals surface area contributed by atoms with Gasteiger partial charge in [0.1, 0.15) is 6.54 Å². The molecular formula is C10H9BrCl2N2O3. The van der Waals surface area contributed by atoms with Gasteiger partial charge in [0.05, 0.1) is 15.7 Å². The van der Waals surface area contributed by atoms with Crippen molar-refractivity contribution in [3.63, 3.8) is 0 Å². The third-order valence-corrected chi connectivity index (χ3v) is 3.77. The number of halogens is 3. The highest BCUT2D eigenvalue weighted by atomic mass is 79.9. The summed E-state index contributed by atoms with van der Waals surface area (Å²) in [5.74, 6) is -1.10. The molecule has 0 aromatic heterocycles. The minimum Gasteiger partial charge on any atom is -0.480 e. The SMILES string of the molecule is CN(CC(=O)O)C(=O)Nc1ccc(Br)c(Cl)c1Cl. The zero-order valence-electron chi connectivity index (χ0n) is 9.21. The molecule has 98 valence electrons. The Morgan fingerprint density at radius 3 is 2.56 bits per heavy atom. The molecule has 2 N–H and O–H groups in total. The van der Waals surface area contributed by atoms with Crippen molar-refractivity contribution in [2.24, 2.45) is 0 Å². The van der Waals surface area contributed by atoms with Gasteiger partial charge in [0.25, 0.3) is 0 Å². The van der Waals surface area contributed by atoms with Gasteiger partial charge in [-0.15, -0.1) is 0 Å². The van der Waals surface area contributed by atoms with Gasteiger partial charge in [-0.2, -0.15) is 0 Å². The summed E-state index contributed by atoms with van der Waals surface area (Å²) in [5.41, 5.74) is 0.312. The molecule has 0 radical (unpaired) electrons. The standard InChI is InChI=1S/C10H9BrCl2N2O3/c1-15(4-7(16)17)10(18)14-6-3-2-5(11)8(12)9(6)13/h2-3H,4H2,1H3,(H,14,18)(H,16,17). The number of carboxylic acid groups (broad SMARTS) is 1. The molecule has 0 heterocycles. The maximum Gasteiger partial charge on any atom is 0.323 e. The molecule has 0 aliphatic heterocycles. The lowest BCUT2D eigenvalue weighted by atomic mass is 10.3. The van der Waals surface area contributed by atoms with E-state index in [9.17, 15) is 9.59 Å². The normalized spacial score (nSPS) is 10.0. The third kappa shape index (κ3) is 3.76. The zero-order valence-corrected chi connectivity index (χ0v) is 12.3. The molecule has 8 heteroatoms. The fraction of sp³-hybridized carbons (Fsp3) is 0.200. The molecule has 18 heavy (non-hydrogen) atoms. The van der Waals surface area contributed by atoms with Gasteiger partial charge >= 0.3 is 12.0 Å². The fourth-order valence-electron chi connectivity index (χ4n) is 1.11. The molecule has 0 atom stereocenters. The molecule has 1 aromatic carbocycles. The summed E-state index contributed by atoms with van der Waals surface area (Å²) in [5, 5.41) is 11.5. The Bertz CT molecular complexity index is 496. The first-order valence-electron chi connectivity index (χ1n) is 4.70. The summed E-state index contributed by atoms with van der Waals surface area (Å²) in [6.45, 7) is -0.409. The van der Waals surface area contributed by atoms with E-state index in [1.54, 1.807) is 12.1 Å². The number of nitrogens with one attached hydrogen (secondary N) is 1. The molecule has 1 aromatic rings. The number of urea groups is 1. The number of amides is 2. The summed E-state index contributed by atoms with van der Waals surface area (Å²) in [6, 6.07) is 2.60. The van der Waals surface area contributed by atoms with Crippen LogP contribution in [0, 0.1) is 0 Å². The number of carbonyl (C=O) groups excluding carboxylic acids is 1. The van der Waals surface area contributed by atoms with E-state index in [0.29, 0.717) is 10.2 Å². The number of carbonyl (C=O) groups is 2. The van der Waals surface area contributed by atoms with Crippen molar-refractivity contribution < 1.29 is 14.7 Å². The summed E-state index contributed by atoms with van der Waals surface area (Å²) < 4.78 is 0.603. The van der Waals surface area contributed by atoms with Crippen LogP contribution in [0.1, 0.15) is 0 Å². The van der Waals surface area contributed by atoms with Gasteiger partial charge in [-0.3, -0.25) is 4.79 Å². The monoisotopic (exact) mass is 354 g/mol. The lowest BCUT2D eigenvalue weighted by molar-refractivity contribution is -0.137. The van der Waals surface area contributed by atoms with E-state index in [0.717, 1.165) is 4.90 Å². The van der Waals surface area contributed by atoms with Gasteiger partial charge in [0.2, 0.25) is 0 Å². The van der Waals surface area contributed by atoms with Crippen LogP contribution in [0.25, 0.3) is 0 Å². The molecule has 0 spiro atoms. The van der Waals surface area contributed by atoms with E-state index >= 15 is 0 Å². The first-order chi connectivity index (χ1) is 8.32. The minimum absolute atomic E-state index is 0.183. The number of rotatable bonds is 3. The highest BCUT2D eigenvalue weighted by Crippen LogP contribution is 2.35. The molecule has 0 fully saturated rings. The number of hydrogen-bond donors (Lipinski definition) is 2. The number of hydrogen-bond acceptors (Lipinski definition) is 2. The second kappa shape index (κ2) is 6.26. The first kappa shape index (κ1) is 15.1. The van der Waals surface area contributed by atoms with Crippen LogP contribution in [-0.4, -0.2) is 35.6 Å². The predicted molar refractivity (Wildman–Crippen MR) is 73.4 cm³/mol. The third-order valence-electron chi connectivity index (χ3n) is 2.00. The van der Waals surface area contributed by atoms with Crippen molar-refractivity contribution in [1.82, 2.24) is 4.90 Å². The fourth-order valence-corrected chi connectivity index (χ4v) is 1.93. The van der Waals surface area contributed by atoms with Gasteiger partial charge in [0, 0.05) is 11.5 Å². The Balaban J connectivity index is 2.82. The summed E-state index contributed by atoms with van der Waals surface area (Å²) in [7, 11) is 1.36. The molecule has 0 saturated heterocycles. The predicted octanol–water partition coefficient (Wildman–Crippen LogP) is 3.30. The lowest BCUT2D eigenvalue weighted by Crippen LogP contribution is -2.35. The van der Waals surface area contributed by atoms with E-state index in [-0.39, 0.29) is 10.0 Å². The molecule has 0 aliphatic carbocycles. The van der Waals surface area contributed by atoms with Crippen molar-refractivity contribution in [1.29, 1.82) is 0 Å². The second-order valence-corrected chi connectivity index (χ2v) is 5.01. The highest BCUT2D eigenvalue weighted by Gasteiger charge is 2.15. The molecule has 2 amide bonds. The van der Waals surface area contributed by atoms with Crippen molar-refractivity contribution in [3.05, 3.63) is 26.7 Å². The maximum absolute atomic E-state index is 11.6. The van der Waals surface area contributed by atoms with Crippen LogP contribution < -0.4 is 5.32 Å². The second-order valence-electron chi connectivity index (χ2n) is 3.40. The average molecular weight is 356 g/mol.